The van der Waals surface area contributed by atoms with E-state index in [0.29, 0.717) is 21.4 Å². The zero-order valence-corrected chi connectivity index (χ0v) is 19.9. The molecular formula is C17H37NaO3SSe. The first-order valence-electron chi connectivity index (χ1n) is 9.09. The molecule has 0 amide bonds. The van der Waals surface area contributed by atoms with Crippen molar-refractivity contribution in [3.05, 3.63) is 0 Å². The molecule has 3 nitrogen and oxygen atoms in total. The summed E-state index contributed by atoms with van der Waals surface area (Å²) < 4.78 is 29.7. The molecule has 0 aromatic heterocycles. The van der Waals surface area contributed by atoms with Crippen LogP contribution in [-0.4, -0.2) is 33.7 Å². The maximum absolute atomic E-state index is 10.5. The van der Waals surface area contributed by atoms with Gasteiger partial charge < -0.3 is 1.43 Å². The average molecular weight is 423 g/mol. The molecule has 23 heavy (non-hydrogen) atoms. The van der Waals surface area contributed by atoms with Gasteiger partial charge in [0.15, 0.2) is 0 Å². The smallest absolute Gasteiger partial charge is 1.00 e. The molecule has 0 fully saturated rings. The predicted molar refractivity (Wildman–Crippen MR) is 98.6 cm³/mol. The van der Waals surface area contributed by atoms with E-state index >= 15 is 0 Å². The second-order valence-electron chi connectivity index (χ2n) is 6.14. The van der Waals surface area contributed by atoms with Crippen LogP contribution in [-0.2, 0) is 10.1 Å². The van der Waals surface area contributed by atoms with Gasteiger partial charge in [0, 0.05) is 0 Å². The predicted octanol–water partition coefficient (Wildman–Crippen LogP) is 2.62. The van der Waals surface area contributed by atoms with Gasteiger partial charge in [-0.3, -0.25) is 0 Å². The van der Waals surface area contributed by atoms with Crippen molar-refractivity contribution < 1.29 is 44.0 Å². The number of hydrogen-bond acceptors (Lipinski definition) is 2. The molecule has 0 saturated heterocycles. The van der Waals surface area contributed by atoms with Gasteiger partial charge in [-0.15, -0.1) is 0 Å². The summed E-state index contributed by atoms with van der Waals surface area (Å²) in [6, 6.07) is 0. The van der Waals surface area contributed by atoms with Crippen molar-refractivity contribution in [3.63, 3.8) is 0 Å². The molecule has 0 bridgehead atoms. The summed E-state index contributed by atoms with van der Waals surface area (Å²) in [5, 5.41) is 2.24. The Balaban J connectivity index is -0.00000220. The number of unbranched alkanes of at least 4 members (excludes halogenated alkanes) is 11. The van der Waals surface area contributed by atoms with Crippen LogP contribution in [0.1, 0.15) is 91.8 Å². The molecule has 0 spiro atoms. The van der Waals surface area contributed by atoms with Crippen LogP contribution in [0.3, 0.4) is 0 Å². The van der Waals surface area contributed by atoms with Crippen molar-refractivity contribution in [2.45, 2.75) is 101 Å². The Labute approximate surface area is 174 Å². The Hall–Kier alpha value is 1.43. The van der Waals surface area contributed by atoms with Crippen LogP contribution >= 0.6 is 0 Å². The van der Waals surface area contributed by atoms with Gasteiger partial charge in [0.25, 0.3) is 0 Å². The summed E-state index contributed by atoms with van der Waals surface area (Å²) in [6.45, 7) is 2.26. The van der Waals surface area contributed by atoms with Crippen LogP contribution in [0.15, 0.2) is 0 Å². The second-order valence-corrected chi connectivity index (χ2v) is 10.3. The summed E-state index contributed by atoms with van der Waals surface area (Å²) in [7, 11) is -3.73. The van der Waals surface area contributed by atoms with Crippen molar-refractivity contribution in [1.29, 1.82) is 0 Å². The molecule has 0 aromatic rings. The third-order valence-electron chi connectivity index (χ3n) is 3.83. The minimum Gasteiger partial charge on any atom is -1.00 e. The summed E-state index contributed by atoms with van der Waals surface area (Å²) >= 11 is 0.559. The van der Waals surface area contributed by atoms with Gasteiger partial charge in [-0.05, 0) is 0 Å². The third kappa shape index (κ3) is 25.8. The SMILES string of the molecule is CCCCCCCCCCCCCC[Se]CCCS(=O)(=O)O.[H-].[Na+]. The summed E-state index contributed by atoms with van der Waals surface area (Å²) in [4.78, 5) is 0. The maximum atomic E-state index is 10.5. The van der Waals surface area contributed by atoms with E-state index in [0.717, 1.165) is 5.32 Å². The fourth-order valence-corrected chi connectivity index (χ4v) is 5.43. The minimum atomic E-state index is -3.73. The van der Waals surface area contributed by atoms with E-state index in [2.05, 4.69) is 6.92 Å². The van der Waals surface area contributed by atoms with Crippen LogP contribution in [0.4, 0.5) is 0 Å². The summed E-state index contributed by atoms with van der Waals surface area (Å²) in [6.07, 6.45) is 17.2. The molecule has 136 valence electrons. The Kier molecular flexibility index (Phi) is 22.9. The van der Waals surface area contributed by atoms with E-state index in [9.17, 15) is 8.42 Å². The van der Waals surface area contributed by atoms with E-state index in [4.69, 9.17) is 4.55 Å². The van der Waals surface area contributed by atoms with E-state index in [1.165, 1.54) is 82.4 Å². The molecule has 0 aliphatic heterocycles. The Bertz CT molecular complexity index is 330. The van der Waals surface area contributed by atoms with Crippen LogP contribution in [0.5, 0.6) is 0 Å². The summed E-state index contributed by atoms with van der Waals surface area (Å²) in [5.74, 6) is -0.0623. The van der Waals surface area contributed by atoms with Crippen molar-refractivity contribution >= 4 is 25.1 Å². The van der Waals surface area contributed by atoms with Gasteiger partial charge in [0.05, 0.1) is 0 Å². The van der Waals surface area contributed by atoms with Gasteiger partial charge in [0.2, 0.25) is 0 Å². The molecule has 6 heteroatoms. The van der Waals surface area contributed by atoms with E-state index in [1.54, 1.807) is 0 Å². The van der Waals surface area contributed by atoms with Crippen LogP contribution in [0.2, 0.25) is 10.6 Å². The van der Waals surface area contributed by atoms with Crippen molar-refractivity contribution in [2.24, 2.45) is 0 Å². The van der Waals surface area contributed by atoms with Gasteiger partial charge in [-0.2, -0.15) is 0 Å². The standard InChI is InChI=1S/C17H36O3SSe.Na.H/c1-2-3-4-5-6-7-8-9-10-11-12-13-16-22-17-14-15-21(18,19)20;;/h2-17H2,1H3,(H,18,19,20);;/q;+1;-1. The monoisotopic (exact) mass is 424 g/mol. The Morgan fingerprint density at radius 2 is 1.13 bits per heavy atom. The van der Waals surface area contributed by atoms with Crippen molar-refractivity contribution in [2.75, 3.05) is 5.75 Å². The Morgan fingerprint density at radius 1 is 0.739 bits per heavy atom. The summed E-state index contributed by atoms with van der Waals surface area (Å²) in [5.41, 5.74) is 0. The first-order chi connectivity index (χ1) is 10.6. The first kappa shape index (κ1) is 26.7. The molecule has 0 radical (unpaired) electrons. The van der Waals surface area contributed by atoms with Gasteiger partial charge in [-0.25, -0.2) is 0 Å². The molecule has 0 atom stereocenters. The van der Waals surface area contributed by atoms with E-state index < -0.39 is 10.1 Å². The molecule has 0 aliphatic rings. The zero-order chi connectivity index (χ0) is 16.5. The van der Waals surface area contributed by atoms with E-state index in [-0.39, 0.29) is 36.7 Å². The first-order valence-corrected chi connectivity index (χ1v) is 13.1. The molecule has 0 aliphatic carbocycles. The number of rotatable bonds is 17. The fourth-order valence-electron chi connectivity index (χ4n) is 2.49. The molecule has 0 heterocycles. The quantitative estimate of drug-likeness (QED) is 0.222. The van der Waals surface area contributed by atoms with E-state index in [1.807, 2.05) is 0 Å². The molecule has 0 aromatic carbocycles. The molecule has 0 saturated carbocycles. The van der Waals surface area contributed by atoms with Crippen LogP contribution < -0.4 is 29.6 Å². The van der Waals surface area contributed by atoms with Gasteiger partial charge in [-0.1, -0.05) is 13.3 Å². The van der Waals surface area contributed by atoms with Gasteiger partial charge >= 0.3 is 161 Å². The molecule has 0 unspecified atom stereocenters. The van der Waals surface area contributed by atoms with Crippen molar-refractivity contribution in [1.82, 2.24) is 0 Å². The minimum absolute atomic E-state index is 0. The largest absolute Gasteiger partial charge is 1.00 e. The maximum Gasteiger partial charge on any atom is 1.00 e. The number of hydrogen-bond donors (Lipinski definition) is 1. The molecule has 0 rings (SSSR count). The average Bonchev–Trinajstić information content (AvgIpc) is 2.45. The van der Waals surface area contributed by atoms with Crippen LogP contribution in [0.25, 0.3) is 0 Å². The zero-order valence-electron chi connectivity index (χ0n) is 16.4. The normalized spacial score (nSPS) is 11.4. The van der Waals surface area contributed by atoms with Gasteiger partial charge in [0.1, 0.15) is 0 Å². The molecule has 1 N–H and O–H groups in total. The topological polar surface area (TPSA) is 54.4 Å². The third-order valence-corrected chi connectivity index (χ3v) is 7.06. The van der Waals surface area contributed by atoms with Crippen LogP contribution in [0, 0.1) is 0 Å². The fraction of sp³-hybridized carbons (Fsp3) is 1.00. The second kappa shape index (κ2) is 19.8. The Morgan fingerprint density at radius 3 is 1.57 bits per heavy atom. The van der Waals surface area contributed by atoms with Crippen molar-refractivity contribution in [3.8, 4) is 0 Å². The molecular weight excluding hydrogens is 386 g/mol.